The van der Waals surface area contributed by atoms with E-state index >= 15 is 0 Å². The zero-order valence-electron chi connectivity index (χ0n) is 7.76. The molecule has 0 aliphatic heterocycles. The molecule has 0 aliphatic carbocycles. The first-order chi connectivity index (χ1) is 7.46. The zero-order valence-corrected chi connectivity index (χ0v) is 9.40. The smallest absolute Gasteiger partial charge is 0.302 e. The van der Waals surface area contributed by atoms with E-state index in [0.717, 1.165) is 0 Å². The van der Waals surface area contributed by atoms with E-state index in [2.05, 4.69) is 0 Å². The van der Waals surface area contributed by atoms with Crippen LogP contribution >= 0.6 is 0 Å². The number of hydrogen-bond acceptors (Lipinski definition) is 7. The second-order valence-electron chi connectivity index (χ2n) is 2.87. The van der Waals surface area contributed by atoms with Crippen molar-refractivity contribution in [1.82, 2.24) is 0 Å². The van der Waals surface area contributed by atoms with Gasteiger partial charge in [0.1, 0.15) is 11.5 Å². The molecule has 0 fully saturated rings. The van der Waals surface area contributed by atoms with Gasteiger partial charge in [0, 0.05) is 6.07 Å². The summed E-state index contributed by atoms with van der Waals surface area (Å²) in [6.07, 6.45) is 0. The molecule has 0 spiro atoms. The van der Waals surface area contributed by atoms with E-state index in [1.165, 1.54) is 0 Å². The highest BCUT2D eigenvalue weighted by molar-refractivity contribution is 7.87. The molecule has 0 radical (unpaired) electrons. The Balaban J connectivity index is 3.93. The van der Waals surface area contributed by atoms with Gasteiger partial charge < -0.3 is 15.3 Å². The molecule has 0 saturated carbocycles. The van der Waals surface area contributed by atoms with Gasteiger partial charge in [0.25, 0.3) is 0 Å². The van der Waals surface area contributed by atoms with E-state index in [0.29, 0.717) is 0 Å². The summed E-state index contributed by atoms with van der Waals surface area (Å²) in [5, 5.41) is 27.3. The Hall–Kier alpha value is -1.56. The highest BCUT2D eigenvalue weighted by Gasteiger charge is 2.31. The third kappa shape index (κ3) is 2.41. The molecule has 1 rings (SSSR count). The molecule has 0 atom stereocenters. The van der Waals surface area contributed by atoms with Crippen molar-refractivity contribution in [2.24, 2.45) is 0 Å². The Morgan fingerprint density at radius 1 is 0.765 bits per heavy atom. The second kappa shape index (κ2) is 3.73. The van der Waals surface area contributed by atoms with E-state index in [4.69, 9.17) is 19.3 Å². The van der Waals surface area contributed by atoms with E-state index in [1.54, 1.807) is 0 Å². The van der Waals surface area contributed by atoms with Gasteiger partial charge in [-0.2, -0.15) is 16.8 Å². The molecular formula is C6H6O9S2. The van der Waals surface area contributed by atoms with Crippen molar-refractivity contribution in [2.45, 2.75) is 9.79 Å². The minimum atomic E-state index is -5.15. The second-order valence-corrected chi connectivity index (χ2v) is 5.59. The summed E-state index contributed by atoms with van der Waals surface area (Å²) in [6.45, 7) is 0. The maximum atomic E-state index is 10.7. The summed E-state index contributed by atoms with van der Waals surface area (Å²) in [7, 11) is -10.3. The molecule has 0 unspecified atom stereocenters. The average Bonchev–Trinajstić information content (AvgIpc) is 1.94. The number of rotatable bonds is 2. The molecule has 5 N–H and O–H groups in total. The summed E-state index contributed by atoms with van der Waals surface area (Å²) in [4.78, 5) is -3.08. The Bertz CT molecular complexity index is 614. The van der Waals surface area contributed by atoms with Gasteiger partial charge in [-0.15, -0.1) is 0 Å². The first-order valence-electron chi connectivity index (χ1n) is 3.69. The minimum absolute atomic E-state index is 0.228. The molecule has 0 heterocycles. The molecule has 17 heavy (non-hydrogen) atoms. The Morgan fingerprint density at radius 3 is 1.29 bits per heavy atom. The van der Waals surface area contributed by atoms with Crippen LogP contribution in [0.15, 0.2) is 15.9 Å². The fraction of sp³-hybridized carbons (Fsp3) is 0. The van der Waals surface area contributed by atoms with E-state index in [1.807, 2.05) is 0 Å². The maximum Gasteiger partial charge on any atom is 0.302 e. The van der Waals surface area contributed by atoms with Crippen LogP contribution < -0.4 is 0 Å². The van der Waals surface area contributed by atoms with Crippen molar-refractivity contribution in [3.05, 3.63) is 6.07 Å². The van der Waals surface area contributed by atoms with Crippen LogP contribution in [0.4, 0.5) is 0 Å². The largest absolute Gasteiger partial charge is 0.506 e. The number of hydrogen-bond donors (Lipinski definition) is 5. The topological polar surface area (TPSA) is 169 Å². The van der Waals surface area contributed by atoms with E-state index in [9.17, 15) is 21.9 Å². The van der Waals surface area contributed by atoms with Gasteiger partial charge in [-0.1, -0.05) is 0 Å². The van der Waals surface area contributed by atoms with Crippen LogP contribution in [0.5, 0.6) is 17.2 Å². The van der Waals surface area contributed by atoms with Crippen LogP contribution in [0.3, 0.4) is 0 Å². The maximum absolute atomic E-state index is 10.7. The number of benzene rings is 1. The Morgan fingerprint density at radius 2 is 1.06 bits per heavy atom. The van der Waals surface area contributed by atoms with Gasteiger partial charge in [0.2, 0.25) is 0 Å². The van der Waals surface area contributed by atoms with Gasteiger partial charge in [-0.05, 0) is 0 Å². The fourth-order valence-corrected chi connectivity index (χ4v) is 2.52. The molecule has 96 valence electrons. The third-order valence-electron chi connectivity index (χ3n) is 1.68. The SMILES string of the molecule is O=S(=O)(O)c1c(O)cc(O)c(S(=O)(=O)O)c1O. The van der Waals surface area contributed by atoms with Gasteiger partial charge in [-0.25, -0.2) is 0 Å². The van der Waals surface area contributed by atoms with Crippen LogP contribution in [-0.2, 0) is 20.2 Å². The van der Waals surface area contributed by atoms with Crippen molar-refractivity contribution in [2.75, 3.05) is 0 Å². The molecular weight excluding hydrogens is 280 g/mol. The minimum Gasteiger partial charge on any atom is -0.506 e. The highest BCUT2D eigenvalue weighted by Crippen LogP contribution is 2.42. The first-order valence-corrected chi connectivity index (χ1v) is 6.57. The summed E-state index contributed by atoms with van der Waals surface area (Å²) < 4.78 is 60.2. The standard InChI is InChI=1S/C6H6O9S2/c7-2-1-3(8)6(17(13,14)15)4(9)5(2)16(10,11)12/h1,7-9H,(H,10,11,12)(H,13,14,15). The molecule has 0 bridgehead atoms. The van der Waals surface area contributed by atoms with Crippen LogP contribution in [0.2, 0.25) is 0 Å². The van der Waals surface area contributed by atoms with Crippen molar-refractivity contribution in [3.8, 4) is 17.2 Å². The first kappa shape index (κ1) is 13.5. The van der Waals surface area contributed by atoms with Gasteiger partial charge in [0.15, 0.2) is 15.5 Å². The van der Waals surface area contributed by atoms with Gasteiger partial charge in [0.05, 0.1) is 0 Å². The zero-order chi connectivity index (χ0) is 13.6. The van der Waals surface area contributed by atoms with Crippen LogP contribution in [0, 0.1) is 0 Å². The van der Waals surface area contributed by atoms with Gasteiger partial charge in [-0.3, -0.25) is 9.11 Å². The average molecular weight is 286 g/mol. The molecule has 1 aromatic rings. The van der Waals surface area contributed by atoms with Crippen molar-refractivity contribution >= 4 is 20.2 Å². The lowest BCUT2D eigenvalue weighted by atomic mass is 10.3. The normalized spacial score (nSPS) is 12.6. The lowest BCUT2D eigenvalue weighted by molar-refractivity contribution is 0.376. The predicted molar refractivity (Wildman–Crippen MR) is 51.1 cm³/mol. The van der Waals surface area contributed by atoms with Gasteiger partial charge >= 0.3 is 20.2 Å². The Labute approximate surface area is 95.1 Å². The van der Waals surface area contributed by atoms with Crippen molar-refractivity contribution in [1.29, 1.82) is 0 Å². The lowest BCUT2D eigenvalue weighted by Gasteiger charge is -2.09. The van der Waals surface area contributed by atoms with Crippen LogP contribution in [0.1, 0.15) is 0 Å². The monoisotopic (exact) mass is 286 g/mol. The van der Waals surface area contributed by atoms with Crippen LogP contribution in [0.25, 0.3) is 0 Å². The molecule has 0 aliphatic rings. The van der Waals surface area contributed by atoms with Crippen LogP contribution in [-0.4, -0.2) is 41.3 Å². The van der Waals surface area contributed by atoms with Crippen molar-refractivity contribution in [3.63, 3.8) is 0 Å². The summed E-state index contributed by atoms with van der Waals surface area (Å²) in [5.74, 6) is -4.25. The Kier molecular flexibility index (Phi) is 2.96. The number of phenols is 3. The molecule has 0 saturated heterocycles. The molecule has 0 aromatic heterocycles. The van der Waals surface area contributed by atoms with Crippen molar-refractivity contribution < 1.29 is 41.3 Å². The van der Waals surface area contributed by atoms with E-state index in [-0.39, 0.29) is 6.07 Å². The quantitative estimate of drug-likeness (QED) is 0.441. The summed E-state index contributed by atoms with van der Waals surface area (Å²) in [5.41, 5.74) is 0. The lowest BCUT2D eigenvalue weighted by Crippen LogP contribution is -2.05. The molecule has 9 nitrogen and oxygen atoms in total. The number of phenolic OH excluding ortho intramolecular Hbond substituents is 3. The fourth-order valence-electron chi connectivity index (χ4n) is 1.11. The summed E-state index contributed by atoms with van der Waals surface area (Å²) >= 11 is 0. The summed E-state index contributed by atoms with van der Waals surface area (Å²) in [6, 6.07) is 0.228. The molecule has 11 heteroatoms. The van der Waals surface area contributed by atoms with E-state index < -0.39 is 47.3 Å². The number of aromatic hydroxyl groups is 3. The molecule has 1 aromatic carbocycles. The predicted octanol–water partition coefficient (Wildman–Crippen LogP) is -0.703. The highest BCUT2D eigenvalue weighted by atomic mass is 32.2. The third-order valence-corrected chi connectivity index (χ3v) is 3.52. The molecule has 0 amide bonds.